The second-order valence-electron chi connectivity index (χ2n) is 5.56. The molecule has 2 aromatic rings. The van der Waals surface area contributed by atoms with Crippen molar-refractivity contribution in [3.05, 3.63) is 47.8 Å². The SMILES string of the molecule is COc1ccc(CC(=O)NCCC(O)c2cccn2C)cc1OC. The number of rotatable bonds is 8. The topological polar surface area (TPSA) is 72.7 Å². The van der Waals surface area contributed by atoms with Gasteiger partial charge in [-0.25, -0.2) is 0 Å². The van der Waals surface area contributed by atoms with Crippen LogP contribution in [0.5, 0.6) is 11.5 Å². The van der Waals surface area contributed by atoms with Crippen LogP contribution in [0.2, 0.25) is 0 Å². The van der Waals surface area contributed by atoms with Crippen LogP contribution in [0.25, 0.3) is 0 Å². The summed E-state index contributed by atoms with van der Waals surface area (Å²) >= 11 is 0. The molecular weight excluding hydrogens is 308 g/mol. The van der Waals surface area contributed by atoms with E-state index in [9.17, 15) is 9.90 Å². The van der Waals surface area contributed by atoms with Gasteiger partial charge >= 0.3 is 0 Å². The number of ether oxygens (including phenoxy) is 2. The van der Waals surface area contributed by atoms with Gasteiger partial charge in [0.15, 0.2) is 11.5 Å². The van der Waals surface area contributed by atoms with Gasteiger partial charge in [0.2, 0.25) is 5.91 Å². The monoisotopic (exact) mass is 332 g/mol. The van der Waals surface area contributed by atoms with Gasteiger partial charge in [-0.05, 0) is 36.2 Å². The van der Waals surface area contributed by atoms with Crippen molar-refractivity contribution in [2.24, 2.45) is 7.05 Å². The van der Waals surface area contributed by atoms with E-state index in [1.807, 2.05) is 36.0 Å². The van der Waals surface area contributed by atoms with Crippen LogP contribution >= 0.6 is 0 Å². The predicted octanol–water partition coefficient (Wildman–Crippen LogP) is 1.82. The summed E-state index contributed by atoms with van der Waals surface area (Å²) in [6.07, 6.45) is 2.01. The summed E-state index contributed by atoms with van der Waals surface area (Å²) in [6, 6.07) is 9.15. The van der Waals surface area contributed by atoms with E-state index in [0.29, 0.717) is 24.5 Å². The summed E-state index contributed by atoms with van der Waals surface area (Å²) in [5.41, 5.74) is 1.68. The predicted molar refractivity (Wildman–Crippen MR) is 91.2 cm³/mol. The van der Waals surface area contributed by atoms with E-state index in [0.717, 1.165) is 11.3 Å². The minimum absolute atomic E-state index is 0.0960. The van der Waals surface area contributed by atoms with Crippen molar-refractivity contribution in [1.82, 2.24) is 9.88 Å². The maximum absolute atomic E-state index is 12.0. The number of nitrogens with one attached hydrogen (secondary N) is 1. The van der Waals surface area contributed by atoms with E-state index in [4.69, 9.17) is 9.47 Å². The zero-order valence-electron chi connectivity index (χ0n) is 14.3. The number of benzene rings is 1. The molecule has 1 heterocycles. The van der Waals surface area contributed by atoms with Crippen molar-refractivity contribution < 1.29 is 19.4 Å². The highest BCUT2D eigenvalue weighted by molar-refractivity contribution is 5.78. The van der Waals surface area contributed by atoms with Crippen LogP contribution in [-0.4, -0.2) is 36.3 Å². The quantitative estimate of drug-likeness (QED) is 0.773. The van der Waals surface area contributed by atoms with Crippen molar-refractivity contribution in [2.75, 3.05) is 20.8 Å². The fraction of sp³-hybridized carbons (Fsp3) is 0.389. The van der Waals surface area contributed by atoms with Crippen molar-refractivity contribution in [2.45, 2.75) is 18.9 Å². The lowest BCUT2D eigenvalue weighted by Crippen LogP contribution is -2.27. The summed E-state index contributed by atoms with van der Waals surface area (Å²) < 4.78 is 12.3. The molecule has 0 aliphatic rings. The number of carbonyl (C=O) groups excluding carboxylic acids is 1. The van der Waals surface area contributed by atoms with Crippen molar-refractivity contribution in [1.29, 1.82) is 0 Å². The number of methoxy groups -OCH3 is 2. The van der Waals surface area contributed by atoms with Crippen molar-refractivity contribution in [3.63, 3.8) is 0 Å². The highest BCUT2D eigenvalue weighted by Gasteiger charge is 2.12. The van der Waals surface area contributed by atoms with Gasteiger partial charge in [0, 0.05) is 25.5 Å². The lowest BCUT2D eigenvalue weighted by atomic mass is 10.1. The van der Waals surface area contributed by atoms with Crippen LogP contribution in [0, 0.1) is 0 Å². The largest absolute Gasteiger partial charge is 0.493 e. The average Bonchev–Trinajstić information content (AvgIpc) is 3.00. The Hall–Kier alpha value is -2.47. The molecule has 1 aromatic carbocycles. The number of aliphatic hydroxyl groups excluding tert-OH is 1. The first kappa shape index (κ1) is 17.9. The second-order valence-corrected chi connectivity index (χ2v) is 5.56. The van der Waals surface area contributed by atoms with E-state index in [1.165, 1.54) is 0 Å². The number of aryl methyl sites for hydroxylation is 1. The Morgan fingerprint density at radius 3 is 2.62 bits per heavy atom. The number of nitrogens with zero attached hydrogens (tertiary/aromatic N) is 1. The molecule has 0 spiro atoms. The fourth-order valence-corrected chi connectivity index (χ4v) is 2.56. The van der Waals surface area contributed by atoms with Gasteiger partial charge in [0.05, 0.1) is 26.7 Å². The maximum Gasteiger partial charge on any atom is 0.224 e. The Bertz CT molecular complexity index is 681. The summed E-state index contributed by atoms with van der Waals surface area (Å²) in [5, 5.41) is 12.9. The van der Waals surface area contributed by atoms with E-state index in [1.54, 1.807) is 26.4 Å². The fourth-order valence-electron chi connectivity index (χ4n) is 2.56. The molecule has 2 rings (SSSR count). The van der Waals surface area contributed by atoms with Crippen LogP contribution in [0.1, 0.15) is 23.8 Å². The Morgan fingerprint density at radius 2 is 2.00 bits per heavy atom. The zero-order valence-corrected chi connectivity index (χ0v) is 14.3. The molecule has 6 nitrogen and oxygen atoms in total. The number of aromatic nitrogens is 1. The minimum Gasteiger partial charge on any atom is -0.493 e. The third kappa shape index (κ3) is 4.52. The number of aliphatic hydroxyl groups is 1. The average molecular weight is 332 g/mol. The van der Waals surface area contributed by atoms with E-state index in [-0.39, 0.29) is 12.3 Å². The molecular formula is C18H24N2O4. The van der Waals surface area contributed by atoms with E-state index >= 15 is 0 Å². The van der Waals surface area contributed by atoms with Gasteiger partial charge < -0.3 is 24.5 Å². The first-order valence-corrected chi connectivity index (χ1v) is 7.82. The molecule has 1 aromatic heterocycles. The van der Waals surface area contributed by atoms with Gasteiger partial charge in [-0.3, -0.25) is 4.79 Å². The number of hydrogen-bond donors (Lipinski definition) is 2. The van der Waals surface area contributed by atoms with Crippen LogP contribution in [0.15, 0.2) is 36.5 Å². The Kier molecular flexibility index (Phi) is 6.26. The molecule has 1 unspecified atom stereocenters. The van der Waals surface area contributed by atoms with Crippen LogP contribution in [0.3, 0.4) is 0 Å². The molecule has 0 aliphatic heterocycles. The summed E-state index contributed by atoms with van der Waals surface area (Å²) in [5.74, 6) is 1.13. The summed E-state index contributed by atoms with van der Waals surface area (Å²) in [7, 11) is 5.02. The smallest absolute Gasteiger partial charge is 0.224 e. The van der Waals surface area contributed by atoms with E-state index < -0.39 is 6.10 Å². The standard InChI is InChI=1S/C18H24N2O4/c1-20-10-4-5-14(20)15(21)8-9-19-18(22)12-13-6-7-16(23-2)17(11-13)24-3/h4-7,10-11,15,21H,8-9,12H2,1-3H3,(H,19,22). The number of carbonyl (C=O) groups is 1. The number of hydrogen-bond acceptors (Lipinski definition) is 4. The highest BCUT2D eigenvalue weighted by atomic mass is 16.5. The molecule has 24 heavy (non-hydrogen) atoms. The van der Waals surface area contributed by atoms with E-state index in [2.05, 4.69) is 5.32 Å². The molecule has 1 atom stereocenters. The van der Waals surface area contributed by atoms with Crippen molar-refractivity contribution in [3.8, 4) is 11.5 Å². The van der Waals surface area contributed by atoms with Crippen molar-refractivity contribution >= 4 is 5.91 Å². The highest BCUT2D eigenvalue weighted by Crippen LogP contribution is 2.27. The molecule has 0 saturated carbocycles. The molecule has 1 amide bonds. The molecule has 0 aliphatic carbocycles. The lowest BCUT2D eigenvalue weighted by molar-refractivity contribution is -0.120. The first-order valence-electron chi connectivity index (χ1n) is 7.82. The minimum atomic E-state index is -0.591. The molecule has 0 saturated heterocycles. The van der Waals surface area contributed by atoms with Crippen LogP contribution in [0.4, 0.5) is 0 Å². The normalized spacial score (nSPS) is 11.8. The van der Waals surface area contributed by atoms with Gasteiger partial charge in [-0.15, -0.1) is 0 Å². The summed E-state index contributed by atoms with van der Waals surface area (Å²) in [6.45, 7) is 0.415. The van der Waals surface area contributed by atoms with Gasteiger partial charge in [0.25, 0.3) is 0 Å². The van der Waals surface area contributed by atoms with Crippen LogP contribution in [-0.2, 0) is 18.3 Å². The molecule has 0 radical (unpaired) electrons. The molecule has 0 bridgehead atoms. The second kappa shape index (κ2) is 8.40. The summed E-state index contributed by atoms with van der Waals surface area (Å²) in [4.78, 5) is 12.0. The van der Waals surface area contributed by atoms with Gasteiger partial charge in [-0.1, -0.05) is 6.07 Å². The Labute approximate surface area is 142 Å². The van der Waals surface area contributed by atoms with Gasteiger partial charge in [-0.2, -0.15) is 0 Å². The van der Waals surface area contributed by atoms with Gasteiger partial charge in [0.1, 0.15) is 0 Å². The lowest BCUT2D eigenvalue weighted by Gasteiger charge is -2.13. The first-order chi connectivity index (χ1) is 11.5. The zero-order chi connectivity index (χ0) is 17.5. The molecule has 0 fully saturated rings. The number of amides is 1. The molecule has 2 N–H and O–H groups in total. The third-order valence-electron chi connectivity index (χ3n) is 3.88. The molecule has 6 heteroatoms. The third-order valence-corrected chi connectivity index (χ3v) is 3.88. The maximum atomic E-state index is 12.0. The Morgan fingerprint density at radius 1 is 1.25 bits per heavy atom. The molecule has 130 valence electrons. The Balaban J connectivity index is 1.82. The van der Waals surface area contributed by atoms with Crippen LogP contribution < -0.4 is 14.8 Å².